The monoisotopic (exact) mass is 282 g/mol. The molecule has 0 aliphatic heterocycles. The van der Waals surface area contributed by atoms with Crippen molar-refractivity contribution in [3.63, 3.8) is 0 Å². The lowest BCUT2D eigenvalue weighted by Crippen LogP contribution is -2.27. The molecule has 1 fully saturated rings. The van der Waals surface area contributed by atoms with Gasteiger partial charge in [0.1, 0.15) is 0 Å². The van der Waals surface area contributed by atoms with Crippen LogP contribution in [0.25, 0.3) is 0 Å². The van der Waals surface area contributed by atoms with Gasteiger partial charge in [-0.2, -0.15) is 0 Å². The fourth-order valence-electron chi connectivity index (χ4n) is 2.32. The van der Waals surface area contributed by atoms with E-state index in [0.717, 1.165) is 18.4 Å². The van der Waals surface area contributed by atoms with Crippen LogP contribution in [0.3, 0.4) is 0 Å². The normalized spacial score (nSPS) is 16.3. The summed E-state index contributed by atoms with van der Waals surface area (Å²) in [6.45, 7) is 2.51. The van der Waals surface area contributed by atoms with Crippen molar-refractivity contribution in [2.45, 2.75) is 43.9 Å². The molecule has 0 unspecified atom stereocenters. The Morgan fingerprint density at radius 3 is 2.63 bits per heavy atom. The molecule has 0 bridgehead atoms. The standard InChI is InChI=1S/C14H22N2O2S/c1-2-12-6-7-13(10-14(12)15)19(17,18)16-9-8-11-4-3-5-11/h6-7,10-11,16H,2-5,8-9,15H2,1H3. The van der Waals surface area contributed by atoms with E-state index in [4.69, 9.17) is 5.73 Å². The highest BCUT2D eigenvalue weighted by Crippen LogP contribution is 2.29. The number of benzene rings is 1. The molecule has 0 amide bonds. The smallest absolute Gasteiger partial charge is 0.240 e. The van der Waals surface area contributed by atoms with Gasteiger partial charge in [0.2, 0.25) is 10.0 Å². The van der Waals surface area contributed by atoms with Gasteiger partial charge in [-0.3, -0.25) is 0 Å². The first kappa shape index (κ1) is 14.3. The first-order chi connectivity index (χ1) is 9.03. The number of rotatable bonds is 6. The van der Waals surface area contributed by atoms with Crippen LogP contribution in [0.1, 0.15) is 38.2 Å². The Labute approximate surface area is 115 Å². The van der Waals surface area contributed by atoms with E-state index in [9.17, 15) is 8.42 Å². The molecular weight excluding hydrogens is 260 g/mol. The van der Waals surface area contributed by atoms with Gasteiger partial charge in [-0.1, -0.05) is 32.3 Å². The molecule has 1 aliphatic carbocycles. The van der Waals surface area contributed by atoms with Crippen LogP contribution in [-0.2, 0) is 16.4 Å². The van der Waals surface area contributed by atoms with Gasteiger partial charge in [0.25, 0.3) is 0 Å². The SMILES string of the molecule is CCc1ccc(S(=O)(=O)NCCC2CCC2)cc1N. The van der Waals surface area contributed by atoms with Gasteiger partial charge in [-0.25, -0.2) is 13.1 Å². The number of aryl methyl sites for hydroxylation is 1. The van der Waals surface area contributed by atoms with E-state index in [0.29, 0.717) is 18.2 Å². The van der Waals surface area contributed by atoms with Crippen molar-refractivity contribution in [2.75, 3.05) is 12.3 Å². The highest BCUT2D eigenvalue weighted by Gasteiger charge is 2.19. The lowest BCUT2D eigenvalue weighted by atomic mass is 9.83. The van der Waals surface area contributed by atoms with Crippen molar-refractivity contribution in [3.05, 3.63) is 23.8 Å². The van der Waals surface area contributed by atoms with Gasteiger partial charge >= 0.3 is 0 Å². The van der Waals surface area contributed by atoms with Crippen molar-refractivity contribution in [1.82, 2.24) is 4.72 Å². The molecule has 3 N–H and O–H groups in total. The molecule has 19 heavy (non-hydrogen) atoms. The molecule has 1 aliphatic rings. The fourth-order valence-corrected chi connectivity index (χ4v) is 3.41. The van der Waals surface area contributed by atoms with Crippen LogP contribution in [0.15, 0.2) is 23.1 Å². The number of hydrogen-bond acceptors (Lipinski definition) is 3. The molecule has 0 saturated heterocycles. The summed E-state index contributed by atoms with van der Waals surface area (Å²) in [6.07, 6.45) is 5.50. The quantitative estimate of drug-likeness (QED) is 0.786. The van der Waals surface area contributed by atoms with Crippen LogP contribution >= 0.6 is 0 Å². The molecule has 4 nitrogen and oxygen atoms in total. The summed E-state index contributed by atoms with van der Waals surface area (Å²) in [7, 11) is -3.42. The third kappa shape index (κ3) is 3.48. The summed E-state index contributed by atoms with van der Waals surface area (Å²) >= 11 is 0. The zero-order valence-corrected chi connectivity index (χ0v) is 12.2. The molecular formula is C14H22N2O2S. The van der Waals surface area contributed by atoms with Crippen LogP contribution < -0.4 is 10.5 Å². The largest absolute Gasteiger partial charge is 0.398 e. The minimum Gasteiger partial charge on any atom is -0.398 e. The van der Waals surface area contributed by atoms with Gasteiger partial charge in [-0.05, 0) is 36.5 Å². The third-order valence-electron chi connectivity index (χ3n) is 3.88. The Hall–Kier alpha value is -1.07. The van der Waals surface area contributed by atoms with Crippen LogP contribution in [0.4, 0.5) is 5.69 Å². The molecule has 0 radical (unpaired) electrons. The molecule has 106 valence electrons. The van der Waals surface area contributed by atoms with Gasteiger partial charge in [0, 0.05) is 12.2 Å². The van der Waals surface area contributed by atoms with Crippen molar-refractivity contribution in [1.29, 1.82) is 0 Å². The van der Waals surface area contributed by atoms with Crippen LogP contribution in [-0.4, -0.2) is 15.0 Å². The molecule has 0 aromatic heterocycles. The van der Waals surface area contributed by atoms with E-state index in [1.165, 1.54) is 19.3 Å². The third-order valence-corrected chi connectivity index (χ3v) is 5.34. The molecule has 2 rings (SSSR count). The Bertz CT molecular complexity index is 536. The minimum atomic E-state index is -3.42. The summed E-state index contributed by atoms with van der Waals surface area (Å²) in [5, 5.41) is 0. The average molecular weight is 282 g/mol. The van der Waals surface area contributed by atoms with Crippen LogP contribution in [0.5, 0.6) is 0 Å². The van der Waals surface area contributed by atoms with Gasteiger partial charge in [0.15, 0.2) is 0 Å². The minimum absolute atomic E-state index is 0.260. The van der Waals surface area contributed by atoms with Crippen LogP contribution in [0.2, 0.25) is 0 Å². The Kier molecular flexibility index (Phi) is 4.47. The predicted octanol–water partition coefficient (Wildman–Crippen LogP) is 2.30. The average Bonchev–Trinajstić information content (AvgIpc) is 2.32. The lowest BCUT2D eigenvalue weighted by molar-refractivity contribution is 0.297. The second-order valence-corrected chi connectivity index (χ2v) is 6.96. The Balaban J connectivity index is 1.99. The molecule has 1 saturated carbocycles. The maximum absolute atomic E-state index is 12.1. The first-order valence-electron chi connectivity index (χ1n) is 6.91. The topological polar surface area (TPSA) is 72.2 Å². The van der Waals surface area contributed by atoms with Crippen molar-refractivity contribution in [2.24, 2.45) is 5.92 Å². The highest BCUT2D eigenvalue weighted by atomic mass is 32.2. The van der Waals surface area contributed by atoms with E-state index in [2.05, 4.69) is 4.72 Å². The van der Waals surface area contributed by atoms with E-state index in [1.54, 1.807) is 18.2 Å². The molecule has 5 heteroatoms. The van der Waals surface area contributed by atoms with E-state index < -0.39 is 10.0 Å². The van der Waals surface area contributed by atoms with Crippen LogP contribution in [0, 0.1) is 5.92 Å². The maximum Gasteiger partial charge on any atom is 0.240 e. The summed E-state index contributed by atoms with van der Waals surface area (Å²) in [4.78, 5) is 0.260. The zero-order valence-electron chi connectivity index (χ0n) is 11.4. The Morgan fingerprint density at radius 2 is 2.11 bits per heavy atom. The summed E-state index contributed by atoms with van der Waals surface area (Å²) in [5.41, 5.74) is 7.37. The zero-order chi connectivity index (χ0) is 13.9. The van der Waals surface area contributed by atoms with Crippen molar-refractivity contribution >= 4 is 15.7 Å². The first-order valence-corrected chi connectivity index (χ1v) is 8.39. The number of nitrogen functional groups attached to an aromatic ring is 1. The van der Waals surface area contributed by atoms with Gasteiger partial charge in [0.05, 0.1) is 4.90 Å². The second kappa shape index (κ2) is 5.92. The Morgan fingerprint density at radius 1 is 1.37 bits per heavy atom. The number of hydrogen-bond donors (Lipinski definition) is 2. The molecule has 1 aromatic carbocycles. The number of anilines is 1. The van der Waals surface area contributed by atoms with E-state index in [1.807, 2.05) is 6.92 Å². The predicted molar refractivity (Wildman–Crippen MR) is 77.4 cm³/mol. The van der Waals surface area contributed by atoms with E-state index in [-0.39, 0.29) is 4.90 Å². The van der Waals surface area contributed by atoms with Gasteiger partial charge < -0.3 is 5.73 Å². The number of sulfonamides is 1. The number of nitrogens with one attached hydrogen (secondary N) is 1. The molecule has 0 heterocycles. The summed E-state index contributed by atoms with van der Waals surface area (Å²) in [5.74, 6) is 0.704. The van der Waals surface area contributed by atoms with Crippen molar-refractivity contribution in [3.8, 4) is 0 Å². The molecule has 0 atom stereocenters. The van der Waals surface area contributed by atoms with E-state index >= 15 is 0 Å². The summed E-state index contributed by atoms with van der Waals surface area (Å²) in [6, 6.07) is 4.96. The number of nitrogens with two attached hydrogens (primary N) is 1. The molecule has 1 aromatic rings. The summed E-state index contributed by atoms with van der Waals surface area (Å²) < 4.78 is 26.9. The lowest BCUT2D eigenvalue weighted by Gasteiger charge is -2.25. The maximum atomic E-state index is 12.1. The van der Waals surface area contributed by atoms with Gasteiger partial charge in [-0.15, -0.1) is 0 Å². The van der Waals surface area contributed by atoms with Crippen molar-refractivity contribution < 1.29 is 8.42 Å². The highest BCUT2D eigenvalue weighted by molar-refractivity contribution is 7.89. The fraction of sp³-hybridized carbons (Fsp3) is 0.571. The second-order valence-electron chi connectivity index (χ2n) is 5.20. The molecule has 0 spiro atoms.